The lowest BCUT2D eigenvalue weighted by Crippen LogP contribution is -1.44. The Hall–Kier alpha value is -1.40. The van der Waals surface area contributed by atoms with E-state index in [-0.39, 0.29) is 0 Å². The molecule has 0 saturated heterocycles. The molecule has 0 saturated carbocycles. The molecule has 36 valence electrons. The van der Waals surface area contributed by atoms with Crippen LogP contribution in [-0.4, -0.2) is 0 Å². The summed E-state index contributed by atoms with van der Waals surface area (Å²) in [5.41, 5.74) is 10.7. The molecule has 0 bridgehead atoms. The van der Waals surface area contributed by atoms with Gasteiger partial charge in [0.1, 0.15) is 0 Å². The molecule has 0 radical (unpaired) electrons. The molecule has 0 heteroatoms. The second-order valence-electron chi connectivity index (χ2n) is 1.26. The van der Waals surface area contributed by atoms with Crippen molar-refractivity contribution < 1.29 is 0 Å². The number of allylic oxidation sites excluding steroid dienone is 4. The molecule has 0 aliphatic heterocycles. The molecule has 0 nitrogen and oxygen atoms in total. The minimum atomic E-state index is 1.77. The topological polar surface area (TPSA) is 0 Å². The van der Waals surface area contributed by atoms with Gasteiger partial charge in [0.2, 0.25) is 0 Å². The van der Waals surface area contributed by atoms with E-state index in [1.165, 1.54) is 0 Å². The maximum Gasteiger partial charge on any atom is -0.0102 e. The van der Waals surface area contributed by atoms with Crippen molar-refractivity contribution in [2.75, 3.05) is 0 Å². The predicted octanol–water partition coefficient (Wildman–Crippen LogP) is 1.73. The minimum absolute atomic E-state index is 1.77. The van der Waals surface area contributed by atoms with E-state index in [9.17, 15) is 0 Å². The molecule has 1 aliphatic carbocycles. The summed E-state index contributed by atoms with van der Waals surface area (Å²) < 4.78 is 0. The summed E-state index contributed by atoms with van der Waals surface area (Å²) >= 11 is 0. The molecular weight excluding hydrogens is 96.1 g/mol. The zero-order chi connectivity index (χ0) is 5.66. The Labute approximate surface area is 48.2 Å². The van der Waals surface area contributed by atoms with E-state index in [2.05, 4.69) is 22.9 Å². The Balaban J connectivity index is 3.30. The largest absolute Gasteiger partial charge is 0.0608 e. The second-order valence-corrected chi connectivity index (χ2v) is 1.26. The first-order valence-electron chi connectivity index (χ1n) is 2.33. The first kappa shape index (κ1) is 4.75. The Morgan fingerprint density at radius 1 is 0.750 bits per heavy atom. The SMILES string of the molecule is C1=C=C=C/C=C\C=C=1. The molecule has 0 aromatic rings. The summed E-state index contributed by atoms with van der Waals surface area (Å²) in [5.74, 6) is 0. The highest BCUT2D eigenvalue weighted by Crippen LogP contribution is 1.76. The fraction of sp³-hybridized carbons (Fsp3) is 0. The molecule has 0 aromatic heterocycles. The van der Waals surface area contributed by atoms with E-state index in [0.717, 1.165) is 0 Å². The predicted molar refractivity (Wildman–Crippen MR) is 32.3 cm³/mol. The van der Waals surface area contributed by atoms with Gasteiger partial charge < -0.3 is 0 Å². The molecular formula is C8H4. The molecule has 1 aliphatic rings. The van der Waals surface area contributed by atoms with Crippen molar-refractivity contribution >= 4 is 0 Å². The van der Waals surface area contributed by atoms with E-state index in [0.29, 0.717) is 0 Å². The first-order valence-corrected chi connectivity index (χ1v) is 2.33. The highest BCUT2D eigenvalue weighted by molar-refractivity contribution is 5.12. The molecule has 8 heavy (non-hydrogen) atoms. The van der Waals surface area contributed by atoms with Crippen molar-refractivity contribution in [1.82, 2.24) is 0 Å². The summed E-state index contributed by atoms with van der Waals surface area (Å²) in [6.45, 7) is 0. The monoisotopic (exact) mass is 100 g/mol. The van der Waals surface area contributed by atoms with Gasteiger partial charge in [0, 0.05) is 0 Å². The van der Waals surface area contributed by atoms with Crippen LogP contribution in [0.5, 0.6) is 0 Å². The molecule has 0 fully saturated rings. The minimum Gasteiger partial charge on any atom is -0.0608 e. The van der Waals surface area contributed by atoms with E-state index < -0.39 is 0 Å². The number of rotatable bonds is 0. The fourth-order valence-corrected chi connectivity index (χ4v) is 0.363. The lowest BCUT2D eigenvalue weighted by atomic mass is 10.4. The summed E-state index contributed by atoms with van der Waals surface area (Å²) in [6.07, 6.45) is 7.26. The third-order valence-corrected chi connectivity index (χ3v) is 0.677. The molecule has 0 spiro atoms. The zero-order valence-electron chi connectivity index (χ0n) is 4.31. The van der Waals surface area contributed by atoms with Crippen LogP contribution in [0.1, 0.15) is 0 Å². The normalized spacial score (nSPS) is 16.0. The van der Waals surface area contributed by atoms with Crippen molar-refractivity contribution in [3.8, 4) is 0 Å². The van der Waals surface area contributed by atoms with Crippen LogP contribution in [0, 0.1) is 0 Å². The summed E-state index contributed by atoms with van der Waals surface area (Å²) in [7, 11) is 0. The van der Waals surface area contributed by atoms with Crippen molar-refractivity contribution in [1.29, 1.82) is 0 Å². The van der Waals surface area contributed by atoms with Gasteiger partial charge in [0.05, 0.1) is 0 Å². The quantitative estimate of drug-likeness (QED) is 0.407. The van der Waals surface area contributed by atoms with Crippen LogP contribution >= 0.6 is 0 Å². The van der Waals surface area contributed by atoms with E-state index in [1.807, 2.05) is 12.2 Å². The van der Waals surface area contributed by atoms with Gasteiger partial charge in [-0.05, 0) is 23.6 Å². The first-order chi connectivity index (χ1) is 4.00. The molecule has 1 rings (SSSR count). The Kier molecular flexibility index (Phi) is 1.62. The van der Waals surface area contributed by atoms with Crippen molar-refractivity contribution in [3.05, 3.63) is 47.2 Å². The van der Waals surface area contributed by atoms with Crippen molar-refractivity contribution in [2.24, 2.45) is 0 Å². The van der Waals surface area contributed by atoms with Crippen LogP contribution in [-0.2, 0) is 0 Å². The smallest absolute Gasteiger partial charge is 0.0102 e. The van der Waals surface area contributed by atoms with Gasteiger partial charge in [-0.15, -0.1) is 0 Å². The van der Waals surface area contributed by atoms with Crippen LogP contribution in [0.3, 0.4) is 0 Å². The van der Waals surface area contributed by atoms with Crippen LogP contribution < -0.4 is 0 Å². The Morgan fingerprint density at radius 3 is 1.75 bits per heavy atom. The van der Waals surface area contributed by atoms with Crippen LogP contribution in [0.4, 0.5) is 0 Å². The standard InChI is InChI=1S/C8H4/c1-2-4-6-8-7-5-3-1/h1-4H/b2-1-,3-1?,4-2?. The van der Waals surface area contributed by atoms with Crippen LogP contribution in [0.15, 0.2) is 47.2 Å². The Bertz CT molecular complexity index is 226. The molecule has 0 amide bonds. The maximum atomic E-state index is 2.73. The van der Waals surface area contributed by atoms with Crippen molar-refractivity contribution in [3.63, 3.8) is 0 Å². The fourth-order valence-electron chi connectivity index (χ4n) is 0.363. The van der Waals surface area contributed by atoms with Crippen molar-refractivity contribution in [2.45, 2.75) is 0 Å². The molecule has 0 unspecified atom stereocenters. The summed E-state index contributed by atoms with van der Waals surface area (Å²) in [4.78, 5) is 0. The highest BCUT2D eigenvalue weighted by Gasteiger charge is 1.57. The van der Waals surface area contributed by atoms with Crippen LogP contribution in [0.25, 0.3) is 0 Å². The summed E-state index contributed by atoms with van der Waals surface area (Å²) in [6, 6.07) is 0. The van der Waals surface area contributed by atoms with E-state index >= 15 is 0 Å². The molecule has 0 atom stereocenters. The third kappa shape index (κ3) is 1.37. The van der Waals surface area contributed by atoms with Gasteiger partial charge in [-0.2, -0.15) is 0 Å². The van der Waals surface area contributed by atoms with E-state index in [4.69, 9.17) is 0 Å². The summed E-state index contributed by atoms with van der Waals surface area (Å²) in [5, 5.41) is 0. The third-order valence-electron chi connectivity index (χ3n) is 0.677. The van der Waals surface area contributed by atoms with Gasteiger partial charge in [-0.3, -0.25) is 0 Å². The van der Waals surface area contributed by atoms with Gasteiger partial charge >= 0.3 is 0 Å². The Morgan fingerprint density at radius 2 is 1.25 bits per heavy atom. The van der Waals surface area contributed by atoms with E-state index in [1.54, 1.807) is 12.2 Å². The van der Waals surface area contributed by atoms with Gasteiger partial charge in [0.25, 0.3) is 0 Å². The maximum absolute atomic E-state index is 2.73. The van der Waals surface area contributed by atoms with Gasteiger partial charge in [-0.1, -0.05) is 23.6 Å². The zero-order valence-corrected chi connectivity index (χ0v) is 4.31. The average Bonchev–Trinajstić information content (AvgIpc) is 1.62. The average molecular weight is 100 g/mol. The molecule has 0 aromatic carbocycles. The lowest BCUT2D eigenvalue weighted by Gasteiger charge is -1.64. The van der Waals surface area contributed by atoms with Gasteiger partial charge in [-0.25, -0.2) is 0 Å². The highest BCUT2D eigenvalue weighted by atomic mass is 13.6. The molecule has 0 N–H and O–H groups in total. The molecule has 0 heterocycles. The van der Waals surface area contributed by atoms with Gasteiger partial charge in [0.15, 0.2) is 0 Å². The second kappa shape index (κ2) is 2.72. The lowest BCUT2D eigenvalue weighted by molar-refractivity contribution is 1.91. The number of hydrogen-bond acceptors (Lipinski definition) is 0. The van der Waals surface area contributed by atoms with Crippen LogP contribution in [0.2, 0.25) is 0 Å². The number of hydrogen-bond donors (Lipinski definition) is 0.